The van der Waals surface area contributed by atoms with Gasteiger partial charge in [0.2, 0.25) is 0 Å². The van der Waals surface area contributed by atoms with Crippen LogP contribution in [0.5, 0.6) is 5.75 Å². The maximum atomic E-state index is 5.35. The highest BCUT2D eigenvalue weighted by atomic mass is 79.9. The van der Waals surface area contributed by atoms with Crippen LogP contribution in [0.1, 0.15) is 24.7 Å². The number of nitrogens with one attached hydrogen (secondary N) is 1. The van der Waals surface area contributed by atoms with Crippen LogP contribution in [-0.4, -0.2) is 23.8 Å². The third-order valence-corrected chi connectivity index (χ3v) is 3.70. The summed E-state index contributed by atoms with van der Waals surface area (Å²) in [5.41, 5.74) is 0.808. The molecule has 1 saturated heterocycles. The Balaban J connectivity index is 1.93. The van der Waals surface area contributed by atoms with E-state index >= 15 is 0 Å². The van der Waals surface area contributed by atoms with Gasteiger partial charge in [-0.15, -0.1) is 0 Å². The number of hydrogen-bond acceptors (Lipinski definition) is 5. The molecule has 1 fully saturated rings. The first-order chi connectivity index (χ1) is 9.28. The molecule has 0 radical (unpaired) electrons. The zero-order valence-electron chi connectivity index (χ0n) is 10.5. The lowest BCUT2D eigenvalue weighted by Gasteiger charge is -2.05. The van der Waals surface area contributed by atoms with Gasteiger partial charge in [0.15, 0.2) is 5.82 Å². The van der Waals surface area contributed by atoms with Gasteiger partial charge in [-0.2, -0.15) is 4.98 Å². The van der Waals surface area contributed by atoms with Gasteiger partial charge in [-0.05, 0) is 37.6 Å². The van der Waals surface area contributed by atoms with Crippen molar-refractivity contribution < 1.29 is 9.26 Å². The average Bonchev–Trinajstić information content (AvgIpc) is 3.09. The van der Waals surface area contributed by atoms with Gasteiger partial charge in [-0.3, -0.25) is 0 Å². The van der Waals surface area contributed by atoms with E-state index in [0.717, 1.165) is 35.2 Å². The summed E-state index contributed by atoms with van der Waals surface area (Å²) in [6.45, 7) is 1.01. The van der Waals surface area contributed by atoms with Crippen LogP contribution in [-0.2, 0) is 0 Å². The number of nitrogens with zero attached hydrogens (tertiary/aromatic N) is 2. The van der Waals surface area contributed by atoms with Crippen LogP contribution < -0.4 is 10.1 Å². The lowest BCUT2D eigenvalue weighted by molar-refractivity contribution is 0.398. The Kier molecular flexibility index (Phi) is 3.52. The molecule has 5 nitrogen and oxygen atoms in total. The summed E-state index contributed by atoms with van der Waals surface area (Å²) >= 11 is 3.41. The molecule has 3 rings (SSSR count). The molecule has 0 bridgehead atoms. The highest BCUT2D eigenvalue weighted by Gasteiger charge is 2.23. The molecule has 1 aliphatic rings. The molecule has 6 heteroatoms. The van der Waals surface area contributed by atoms with Crippen LogP contribution in [0.2, 0.25) is 0 Å². The van der Waals surface area contributed by atoms with Crippen LogP contribution in [0, 0.1) is 0 Å². The second-order valence-electron chi connectivity index (χ2n) is 4.45. The molecule has 1 unspecified atom stereocenters. The predicted molar refractivity (Wildman–Crippen MR) is 74.0 cm³/mol. The van der Waals surface area contributed by atoms with E-state index in [-0.39, 0.29) is 6.04 Å². The molecule has 0 aliphatic carbocycles. The van der Waals surface area contributed by atoms with Crippen molar-refractivity contribution in [2.75, 3.05) is 13.7 Å². The standard InChI is InChI=1S/C13H14BrN3O2/c1-18-11-7-8(14)4-5-9(11)13-16-12(17-19-13)10-3-2-6-15-10/h4-5,7,10,15H,2-3,6H2,1H3. The van der Waals surface area contributed by atoms with E-state index in [1.165, 1.54) is 0 Å². The smallest absolute Gasteiger partial charge is 0.261 e. The van der Waals surface area contributed by atoms with Crippen LogP contribution in [0.3, 0.4) is 0 Å². The number of hydrogen-bond donors (Lipinski definition) is 1. The van der Waals surface area contributed by atoms with Crippen LogP contribution in [0.15, 0.2) is 27.2 Å². The summed E-state index contributed by atoms with van der Waals surface area (Å²) in [5.74, 6) is 1.93. The lowest BCUT2D eigenvalue weighted by atomic mass is 10.2. The van der Waals surface area contributed by atoms with E-state index in [2.05, 4.69) is 31.4 Å². The molecule has 0 spiro atoms. The zero-order valence-corrected chi connectivity index (χ0v) is 12.1. The van der Waals surface area contributed by atoms with Crippen LogP contribution in [0.25, 0.3) is 11.5 Å². The Morgan fingerprint density at radius 2 is 2.37 bits per heavy atom. The summed E-state index contributed by atoms with van der Waals surface area (Å²) in [6, 6.07) is 5.92. The van der Waals surface area contributed by atoms with Crippen molar-refractivity contribution in [1.82, 2.24) is 15.5 Å². The molecule has 0 amide bonds. The summed E-state index contributed by atoms with van der Waals surface area (Å²) in [7, 11) is 1.63. The van der Waals surface area contributed by atoms with Crippen molar-refractivity contribution in [3.05, 3.63) is 28.5 Å². The van der Waals surface area contributed by atoms with Crippen molar-refractivity contribution in [3.8, 4) is 17.2 Å². The van der Waals surface area contributed by atoms with Gasteiger partial charge in [0.25, 0.3) is 5.89 Å². The number of ether oxygens (including phenoxy) is 1. The van der Waals surface area contributed by atoms with Gasteiger partial charge < -0.3 is 14.6 Å². The lowest BCUT2D eigenvalue weighted by Crippen LogP contribution is -2.14. The summed E-state index contributed by atoms with van der Waals surface area (Å²) in [6.07, 6.45) is 2.20. The zero-order chi connectivity index (χ0) is 13.2. The molecule has 2 aromatic rings. The minimum absolute atomic E-state index is 0.207. The molecule has 1 aliphatic heterocycles. The van der Waals surface area contributed by atoms with Gasteiger partial charge in [-0.1, -0.05) is 21.1 Å². The van der Waals surface area contributed by atoms with E-state index in [1.807, 2.05) is 18.2 Å². The minimum Gasteiger partial charge on any atom is -0.496 e. The van der Waals surface area contributed by atoms with Gasteiger partial charge in [0.1, 0.15) is 5.75 Å². The quantitative estimate of drug-likeness (QED) is 0.941. The van der Waals surface area contributed by atoms with E-state index in [1.54, 1.807) is 7.11 Å². The van der Waals surface area contributed by atoms with Gasteiger partial charge in [-0.25, -0.2) is 0 Å². The van der Waals surface area contributed by atoms with Crippen molar-refractivity contribution in [1.29, 1.82) is 0 Å². The van der Waals surface area contributed by atoms with Crippen molar-refractivity contribution in [2.24, 2.45) is 0 Å². The van der Waals surface area contributed by atoms with Crippen molar-refractivity contribution >= 4 is 15.9 Å². The highest BCUT2D eigenvalue weighted by molar-refractivity contribution is 9.10. The molecule has 100 valence electrons. The summed E-state index contributed by atoms with van der Waals surface area (Å²) < 4.78 is 11.6. The van der Waals surface area contributed by atoms with Crippen LogP contribution in [0.4, 0.5) is 0 Å². The molecule has 1 N–H and O–H groups in total. The van der Waals surface area contributed by atoms with E-state index in [9.17, 15) is 0 Å². The van der Waals surface area contributed by atoms with Crippen LogP contribution >= 0.6 is 15.9 Å². The van der Waals surface area contributed by atoms with Gasteiger partial charge in [0.05, 0.1) is 18.7 Å². The molecule has 0 saturated carbocycles. The molecule has 19 heavy (non-hydrogen) atoms. The second kappa shape index (κ2) is 5.30. The topological polar surface area (TPSA) is 60.2 Å². The van der Waals surface area contributed by atoms with Crippen molar-refractivity contribution in [3.63, 3.8) is 0 Å². The van der Waals surface area contributed by atoms with Gasteiger partial charge in [0, 0.05) is 4.47 Å². The third-order valence-electron chi connectivity index (χ3n) is 3.21. The minimum atomic E-state index is 0.207. The molecule has 2 heterocycles. The molecular weight excluding hydrogens is 310 g/mol. The number of benzene rings is 1. The van der Waals surface area contributed by atoms with Gasteiger partial charge >= 0.3 is 0 Å². The highest BCUT2D eigenvalue weighted by Crippen LogP contribution is 2.32. The summed E-state index contributed by atoms with van der Waals surface area (Å²) in [4.78, 5) is 4.47. The normalized spacial score (nSPS) is 18.7. The SMILES string of the molecule is COc1cc(Br)ccc1-c1nc(C2CCCN2)no1. The predicted octanol–water partition coefficient (Wildman–Crippen LogP) is 2.93. The maximum absolute atomic E-state index is 5.35. The number of aromatic nitrogens is 2. The summed E-state index contributed by atoms with van der Waals surface area (Å²) in [5, 5.41) is 7.41. The Morgan fingerprint density at radius 3 is 3.11 bits per heavy atom. The first kappa shape index (κ1) is 12.6. The first-order valence-corrected chi connectivity index (χ1v) is 6.98. The Bertz CT molecular complexity index is 579. The maximum Gasteiger partial charge on any atom is 0.261 e. The largest absolute Gasteiger partial charge is 0.496 e. The third kappa shape index (κ3) is 2.50. The number of halogens is 1. The fraction of sp³-hybridized carbons (Fsp3) is 0.385. The molecule has 1 aromatic heterocycles. The fourth-order valence-corrected chi connectivity index (χ4v) is 2.57. The fourth-order valence-electron chi connectivity index (χ4n) is 2.23. The number of rotatable bonds is 3. The van der Waals surface area contributed by atoms with Crippen molar-refractivity contribution in [2.45, 2.75) is 18.9 Å². The first-order valence-electron chi connectivity index (χ1n) is 6.19. The average molecular weight is 324 g/mol. The Labute approximate surface area is 119 Å². The molecule has 1 atom stereocenters. The monoisotopic (exact) mass is 323 g/mol. The second-order valence-corrected chi connectivity index (χ2v) is 5.37. The molecule has 1 aromatic carbocycles. The Hall–Kier alpha value is -1.40. The van der Waals surface area contributed by atoms with E-state index in [0.29, 0.717) is 11.6 Å². The Morgan fingerprint density at radius 1 is 1.47 bits per heavy atom. The molecular formula is C13H14BrN3O2. The van der Waals surface area contributed by atoms with E-state index in [4.69, 9.17) is 9.26 Å². The van der Waals surface area contributed by atoms with E-state index < -0.39 is 0 Å². The number of methoxy groups -OCH3 is 1.